The summed E-state index contributed by atoms with van der Waals surface area (Å²) in [6, 6.07) is 6.45. The number of rotatable bonds is 6. The second kappa shape index (κ2) is 7.33. The van der Waals surface area contributed by atoms with Crippen molar-refractivity contribution in [2.24, 2.45) is 0 Å². The Hall–Kier alpha value is -1.73. The lowest BCUT2D eigenvalue weighted by atomic mass is 10.3. The number of hydrogen-bond donors (Lipinski definition) is 2. The van der Waals surface area contributed by atoms with Crippen LogP contribution in [0.4, 0.5) is 21.7 Å². The van der Waals surface area contributed by atoms with E-state index in [-0.39, 0.29) is 5.82 Å². The molecule has 0 unspecified atom stereocenters. The van der Waals surface area contributed by atoms with E-state index < -0.39 is 0 Å². The summed E-state index contributed by atoms with van der Waals surface area (Å²) in [7, 11) is 1.78. The van der Waals surface area contributed by atoms with E-state index in [2.05, 4.69) is 36.5 Å². The molecule has 0 radical (unpaired) electrons. The van der Waals surface area contributed by atoms with E-state index in [0.29, 0.717) is 35.1 Å². The molecule has 7 heteroatoms. The fraction of sp³-hybridized carbons (Fsp3) is 0.286. The minimum absolute atomic E-state index is 0.309. The highest BCUT2D eigenvalue weighted by atomic mass is 79.9. The van der Waals surface area contributed by atoms with Crippen LogP contribution < -0.4 is 10.6 Å². The second-order valence-corrected chi connectivity index (χ2v) is 5.05. The van der Waals surface area contributed by atoms with E-state index in [1.165, 1.54) is 6.07 Å². The Morgan fingerprint density at radius 2 is 2.00 bits per heavy atom. The van der Waals surface area contributed by atoms with Crippen LogP contribution in [-0.4, -0.2) is 23.6 Å². The van der Waals surface area contributed by atoms with Crippen molar-refractivity contribution in [3.05, 3.63) is 40.4 Å². The minimum atomic E-state index is -0.309. The largest absolute Gasteiger partial charge is 0.374 e. The van der Waals surface area contributed by atoms with Crippen molar-refractivity contribution in [2.75, 3.05) is 24.3 Å². The summed E-state index contributed by atoms with van der Waals surface area (Å²) in [6.07, 6.45) is 0. The zero-order valence-corrected chi connectivity index (χ0v) is 13.4. The summed E-state index contributed by atoms with van der Waals surface area (Å²) in [5.41, 5.74) is 0.728. The molecule has 21 heavy (non-hydrogen) atoms. The average Bonchev–Trinajstić information content (AvgIpc) is 2.48. The highest BCUT2D eigenvalue weighted by Gasteiger charge is 2.06. The molecule has 2 N–H and O–H groups in total. The molecule has 0 saturated carbocycles. The molecule has 0 aliphatic heterocycles. The zero-order valence-electron chi connectivity index (χ0n) is 11.8. The third-order valence-electron chi connectivity index (χ3n) is 2.66. The van der Waals surface area contributed by atoms with Gasteiger partial charge in [-0.25, -0.2) is 14.4 Å². The van der Waals surface area contributed by atoms with Crippen molar-refractivity contribution >= 4 is 33.3 Å². The predicted octanol–water partition coefficient (Wildman–Crippen LogP) is 3.70. The van der Waals surface area contributed by atoms with Gasteiger partial charge in [-0.15, -0.1) is 0 Å². The molecule has 0 bridgehead atoms. The van der Waals surface area contributed by atoms with E-state index in [0.717, 1.165) is 5.69 Å². The fourth-order valence-electron chi connectivity index (χ4n) is 1.67. The lowest BCUT2D eigenvalue weighted by Gasteiger charge is -2.10. The summed E-state index contributed by atoms with van der Waals surface area (Å²) >= 11 is 3.16. The van der Waals surface area contributed by atoms with Crippen LogP contribution in [0.2, 0.25) is 0 Å². The third kappa shape index (κ3) is 4.37. The average molecular weight is 355 g/mol. The van der Waals surface area contributed by atoms with Gasteiger partial charge in [0.15, 0.2) is 5.82 Å². The Morgan fingerprint density at radius 1 is 1.24 bits per heavy atom. The molecule has 0 fully saturated rings. The van der Waals surface area contributed by atoms with Crippen molar-refractivity contribution in [2.45, 2.75) is 13.5 Å². The molecule has 0 saturated heterocycles. The van der Waals surface area contributed by atoms with E-state index >= 15 is 0 Å². The molecular weight excluding hydrogens is 339 g/mol. The van der Waals surface area contributed by atoms with Gasteiger partial charge in [0.1, 0.15) is 24.1 Å². The van der Waals surface area contributed by atoms with Crippen LogP contribution in [0.5, 0.6) is 0 Å². The van der Waals surface area contributed by atoms with Crippen molar-refractivity contribution in [3.8, 4) is 0 Å². The van der Waals surface area contributed by atoms with Crippen LogP contribution >= 0.6 is 15.9 Å². The standard InChI is InChI=1S/C14H16BrFN4O/c1-3-21-8-14-19-12(17-2)7-13(20-14)18-9-4-5-11(16)10(15)6-9/h4-7H,3,8H2,1-2H3,(H2,17,18,19,20). The molecular formula is C14H16BrFN4O. The Bertz CT molecular complexity index is 624. The number of aromatic nitrogens is 2. The molecule has 0 aliphatic rings. The third-order valence-corrected chi connectivity index (χ3v) is 3.26. The van der Waals surface area contributed by atoms with Gasteiger partial charge in [-0.2, -0.15) is 0 Å². The number of benzene rings is 1. The van der Waals surface area contributed by atoms with E-state index in [1.54, 1.807) is 25.2 Å². The molecule has 0 amide bonds. The van der Waals surface area contributed by atoms with Gasteiger partial charge in [0.25, 0.3) is 0 Å². The van der Waals surface area contributed by atoms with E-state index in [1.807, 2.05) is 6.92 Å². The van der Waals surface area contributed by atoms with Crippen LogP contribution in [0.3, 0.4) is 0 Å². The van der Waals surface area contributed by atoms with Gasteiger partial charge >= 0.3 is 0 Å². The highest BCUT2D eigenvalue weighted by Crippen LogP contribution is 2.23. The summed E-state index contributed by atoms with van der Waals surface area (Å²) in [6.45, 7) is 2.85. The lowest BCUT2D eigenvalue weighted by molar-refractivity contribution is 0.128. The molecule has 0 spiro atoms. The first-order valence-corrected chi connectivity index (χ1v) is 7.27. The molecule has 1 aromatic heterocycles. The van der Waals surface area contributed by atoms with E-state index in [4.69, 9.17) is 4.74 Å². The van der Waals surface area contributed by atoms with E-state index in [9.17, 15) is 4.39 Å². The Morgan fingerprint density at radius 3 is 2.67 bits per heavy atom. The Balaban J connectivity index is 2.23. The number of anilines is 3. The number of ether oxygens (including phenoxy) is 1. The van der Waals surface area contributed by atoms with Gasteiger partial charge in [-0.3, -0.25) is 0 Å². The van der Waals surface area contributed by atoms with Crippen LogP contribution in [0.1, 0.15) is 12.7 Å². The molecule has 5 nitrogen and oxygen atoms in total. The van der Waals surface area contributed by atoms with Gasteiger partial charge in [0.05, 0.1) is 4.47 Å². The summed E-state index contributed by atoms with van der Waals surface area (Å²) in [4.78, 5) is 8.68. The first-order chi connectivity index (χ1) is 10.1. The smallest absolute Gasteiger partial charge is 0.158 e. The zero-order chi connectivity index (χ0) is 15.2. The highest BCUT2D eigenvalue weighted by molar-refractivity contribution is 9.10. The van der Waals surface area contributed by atoms with Crippen LogP contribution in [0.25, 0.3) is 0 Å². The lowest BCUT2D eigenvalue weighted by Crippen LogP contribution is -2.05. The Labute approximate surface area is 131 Å². The molecule has 0 aliphatic carbocycles. The molecule has 1 heterocycles. The Kier molecular flexibility index (Phi) is 5.46. The quantitative estimate of drug-likeness (QED) is 0.828. The molecule has 2 rings (SSSR count). The molecule has 112 valence electrons. The molecule has 1 aromatic carbocycles. The number of nitrogens with one attached hydrogen (secondary N) is 2. The molecule has 0 atom stereocenters. The second-order valence-electron chi connectivity index (χ2n) is 4.20. The van der Waals surface area contributed by atoms with Crippen molar-refractivity contribution in [1.29, 1.82) is 0 Å². The summed E-state index contributed by atoms with van der Waals surface area (Å²) < 4.78 is 18.9. The number of nitrogens with zero attached hydrogens (tertiary/aromatic N) is 2. The van der Waals surface area contributed by atoms with Crippen molar-refractivity contribution < 1.29 is 9.13 Å². The normalized spacial score (nSPS) is 10.5. The van der Waals surface area contributed by atoms with Gasteiger partial charge < -0.3 is 15.4 Å². The number of hydrogen-bond acceptors (Lipinski definition) is 5. The van der Waals surface area contributed by atoms with Gasteiger partial charge in [0, 0.05) is 25.4 Å². The maximum atomic E-state index is 13.2. The number of halogens is 2. The summed E-state index contributed by atoms with van der Waals surface area (Å²) in [5, 5.41) is 6.09. The van der Waals surface area contributed by atoms with Crippen LogP contribution in [0.15, 0.2) is 28.7 Å². The van der Waals surface area contributed by atoms with Crippen LogP contribution in [-0.2, 0) is 11.3 Å². The maximum absolute atomic E-state index is 13.2. The van der Waals surface area contributed by atoms with Gasteiger partial charge in [-0.1, -0.05) is 0 Å². The van der Waals surface area contributed by atoms with Crippen LogP contribution in [0, 0.1) is 5.82 Å². The fourth-order valence-corrected chi connectivity index (χ4v) is 2.05. The topological polar surface area (TPSA) is 59.1 Å². The van der Waals surface area contributed by atoms with Gasteiger partial charge in [-0.05, 0) is 41.1 Å². The monoisotopic (exact) mass is 354 g/mol. The SMILES string of the molecule is CCOCc1nc(NC)cc(Nc2ccc(F)c(Br)c2)n1. The van der Waals surface area contributed by atoms with Gasteiger partial charge in [0.2, 0.25) is 0 Å². The predicted molar refractivity (Wildman–Crippen MR) is 84.3 cm³/mol. The molecule has 2 aromatic rings. The first-order valence-electron chi connectivity index (χ1n) is 6.48. The van der Waals surface area contributed by atoms with Crippen molar-refractivity contribution in [3.63, 3.8) is 0 Å². The van der Waals surface area contributed by atoms with Crippen molar-refractivity contribution in [1.82, 2.24) is 9.97 Å². The maximum Gasteiger partial charge on any atom is 0.158 e. The first kappa shape index (κ1) is 15.7. The minimum Gasteiger partial charge on any atom is -0.374 e. The summed E-state index contributed by atoms with van der Waals surface area (Å²) in [5.74, 6) is 1.56.